The number of hydrogen-bond donors (Lipinski definition) is 2. The van der Waals surface area contributed by atoms with Crippen LogP contribution in [-0.4, -0.2) is 23.3 Å². The summed E-state index contributed by atoms with van der Waals surface area (Å²) in [5.41, 5.74) is 0.0182. The van der Waals surface area contributed by atoms with Crippen LogP contribution in [0.25, 0.3) is 0 Å². The Morgan fingerprint density at radius 3 is 2.21 bits per heavy atom. The zero-order chi connectivity index (χ0) is 10.0. The SMILES string of the molecule is CC1(C2CCCCCC2)NCCC1O. The number of rotatable bonds is 1. The van der Waals surface area contributed by atoms with Crippen molar-refractivity contribution in [1.82, 2.24) is 5.32 Å². The van der Waals surface area contributed by atoms with Gasteiger partial charge < -0.3 is 10.4 Å². The summed E-state index contributed by atoms with van der Waals surface area (Å²) in [5.74, 6) is 0.697. The summed E-state index contributed by atoms with van der Waals surface area (Å²) >= 11 is 0. The van der Waals surface area contributed by atoms with Crippen LogP contribution in [0.3, 0.4) is 0 Å². The van der Waals surface area contributed by atoms with Gasteiger partial charge in [0.1, 0.15) is 0 Å². The number of aliphatic hydroxyl groups is 1. The Kier molecular flexibility index (Phi) is 3.13. The van der Waals surface area contributed by atoms with Crippen LogP contribution in [0.2, 0.25) is 0 Å². The Hall–Kier alpha value is -0.0800. The van der Waals surface area contributed by atoms with E-state index in [1.165, 1.54) is 38.5 Å². The first-order chi connectivity index (χ1) is 6.73. The number of hydrogen-bond acceptors (Lipinski definition) is 2. The van der Waals surface area contributed by atoms with Gasteiger partial charge in [-0.25, -0.2) is 0 Å². The molecule has 1 saturated carbocycles. The van der Waals surface area contributed by atoms with Crippen LogP contribution in [-0.2, 0) is 0 Å². The summed E-state index contributed by atoms with van der Waals surface area (Å²) in [6.07, 6.45) is 8.92. The monoisotopic (exact) mass is 197 g/mol. The Morgan fingerprint density at radius 1 is 1.07 bits per heavy atom. The minimum Gasteiger partial charge on any atom is -0.391 e. The summed E-state index contributed by atoms with van der Waals surface area (Å²) in [7, 11) is 0. The summed E-state index contributed by atoms with van der Waals surface area (Å²) in [6.45, 7) is 3.22. The molecule has 1 aliphatic carbocycles. The highest BCUT2D eigenvalue weighted by Crippen LogP contribution is 2.36. The van der Waals surface area contributed by atoms with Gasteiger partial charge in [0.05, 0.1) is 6.10 Å². The number of aliphatic hydroxyl groups excluding tert-OH is 1. The van der Waals surface area contributed by atoms with Gasteiger partial charge in [-0.15, -0.1) is 0 Å². The van der Waals surface area contributed by atoms with Crippen LogP contribution in [0.4, 0.5) is 0 Å². The second-order valence-electron chi connectivity index (χ2n) is 5.20. The molecule has 2 N–H and O–H groups in total. The lowest BCUT2D eigenvalue weighted by Gasteiger charge is -2.37. The third kappa shape index (κ3) is 1.82. The molecule has 1 saturated heterocycles. The van der Waals surface area contributed by atoms with Crippen LogP contribution < -0.4 is 5.32 Å². The van der Waals surface area contributed by atoms with E-state index >= 15 is 0 Å². The largest absolute Gasteiger partial charge is 0.391 e. The second-order valence-corrected chi connectivity index (χ2v) is 5.20. The molecule has 14 heavy (non-hydrogen) atoms. The van der Waals surface area contributed by atoms with Crippen molar-refractivity contribution in [2.75, 3.05) is 6.54 Å². The molecule has 0 aromatic heterocycles. The highest BCUT2D eigenvalue weighted by atomic mass is 16.3. The average molecular weight is 197 g/mol. The predicted octanol–water partition coefficient (Wildman–Crippen LogP) is 2.07. The van der Waals surface area contributed by atoms with E-state index in [9.17, 15) is 5.11 Å². The summed E-state index contributed by atoms with van der Waals surface area (Å²) in [5, 5.41) is 13.6. The van der Waals surface area contributed by atoms with E-state index in [0.29, 0.717) is 5.92 Å². The molecule has 0 bridgehead atoms. The van der Waals surface area contributed by atoms with E-state index in [2.05, 4.69) is 12.2 Å². The van der Waals surface area contributed by atoms with Crippen molar-refractivity contribution in [2.45, 2.75) is 63.5 Å². The Bertz CT molecular complexity index is 187. The minimum absolute atomic E-state index is 0.0182. The molecule has 2 fully saturated rings. The van der Waals surface area contributed by atoms with Gasteiger partial charge in [-0.2, -0.15) is 0 Å². The molecular formula is C12H23NO. The second kappa shape index (κ2) is 4.19. The van der Waals surface area contributed by atoms with Crippen molar-refractivity contribution in [1.29, 1.82) is 0 Å². The highest BCUT2D eigenvalue weighted by molar-refractivity contribution is 5.01. The first-order valence-electron chi connectivity index (χ1n) is 6.16. The average Bonchev–Trinajstić information content (AvgIpc) is 2.47. The van der Waals surface area contributed by atoms with Gasteiger partial charge in [-0.3, -0.25) is 0 Å². The van der Waals surface area contributed by atoms with E-state index in [4.69, 9.17) is 0 Å². The predicted molar refractivity (Wildman–Crippen MR) is 58.2 cm³/mol. The molecule has 2 atom stereocenters. The maximum atomic E-state index is 10.0. The van der Waals surface area contributed by atoms with E-state index < -0.39 is 0 Å². The first kappa shape index (κ1) is 10.4. The van der Waals surface area contributed by atoms with Crippen LogP contribution in [0.5, 0.6) is 0 Å². The molecule has 0 radical (unpaired) electrons. The molecule has 0 aromatic rings. The summed E-state index contributed by atoms with van der Waals surface area (Å²) in [4.78, 5) is 0. The minimum atomic E-state index is -0.120. The van der Waals surface area contributed by atoms with Crippen molar-refractivity contribution in [3.8, 4) is 0 Å². The highest BCUT2D eigenvalue weighted by Gasteiger charge is 2.43. The quantitative estimate of drug-likeness (QED) is 0.631. The van der Waals surface area contributed by atoms with Gasteiger partial charge in [-0.05, 0) is 38.6 Å². The molecule has 2 aliphatic rings. The molecule has 1 heterocycles. The maximum absolute atomic E-state index is 10.0. The molecule has 2 rings (SSSR count). The van der Waals surface area contributed by atoms with E-state index in [1.54, 1.807) is 0 Å². The normalized spacial score (nSPS) is 41.1. The first-order valence-corrected chi connectivity index (χ1v) is 6.16. The fraction of sp³-hybridized carbons (Fsp3) is 1.00. The molecule has 1 aliphatic heterocycles. The standard InChI is InChI=1S/C12H23NO/c1-12(11(14)8-9-13-12)10-6-4-2-3-5-7-10/h10-11,13-14H,2-9H2,1H3. The van der Waals surface area contributed by atoms with Gasteiger partial charge in [-0.1, -0.05) is 25.7 Å². The Morgan fingerprint density at radius 2 is 1.71 bits per heavy atom. The van der Waals surface area contributed by atoms with Gasteiger partial charge in [0, 0.05) is 5.54 Å². The molecule has 2 heteroatoms. The van der Waals surface area contributed by atoms with Crippen molar-refractivity contribution in [3.05, 3.63) is 0 Å². The smallest absolute Gasteiger partial charge is 0.0733 e. The van der Waals surface area contributed by atoms with Crippen molar-refractivity contribution in [3.63, 3.8) is 0 Å². The topological polar surface area (TPSA) is 32.3 Å². The Balaban J connectivity index is 2.03. The van der Waals surface area contributed by atoms with Gasteiger partial charge in [0.25, 0.3) is 0 Å². The fourth-order valence-electron chi connectivity index (χ4n) is 3.19. The third-order valence-electron chi connectivity index (χ3n) is 4.32. The molecular weight excluding hydrogens is 174 g/mol. The molecule has 82 valence electrons. The van der Waals surface area contributed by atoms with Gasteiger partial charge >= 0.3 is 0 Å². The van der Waals surface area contributed by atoms with Crippen LogP contribution in [0.15, 0.2) is 0 Å². The molecule has 2 unspecified atom stereocenters. The molecule has 0 aromatic carbocycles. The molecule has 2 nitrogen and oxygen atoms in total. The molecule has 0 spiro atoms. The lowest BCUT2D eigenvalue weighted by atomic mass is 9.78. The van der Waals surface area contributed by atoms with Crippen molar-refractivity contribution >= 4 is 0 Å². The van der Waals surface area contributed by atoms with Crippen LogP contribution >= 0.6 is 0 Å². The maximum Gasteiger partial charge on any atom is 0.0733 e. The third-order valence-corrected chi connectivity index (χ3v) is 4.32. The van der Waals surface area contributed by atoms with Gasteiger partial charge in [0.2, 0.25) is 0 Å². The lowest BCUT2D eigenvalue weighted by Crippen LogP contribution is -2.51. The van der Waals surface area contributed by atoms with Crippen molar-refractivity contribution < 1.29 is 5.11 Å². The zero-order valence-electron chi connectivity index (χ0n) is 9.26. The fourth-order valence-corrected chi connectivity index (χ4v) is 3.19. The lowest BCUT2D eigenvalue weighted by molar-refractivity contribution is 0.0616. The summed E-state index contributed by atoms with van der Waals surface area (Å²) in [6, 6.07) is 0. The van der Waals surface area contributed by atoms with Crippen molar-refractivity contribution in [2.24, 2.45) is 5.92 Å². The van der Waals surface area contributed by atoms with E-state index in [0.717, 1.165) is 13.0 Å². The zero-order valence-corrected chi connectivity index (χ0v) is 9.26. The molecule has 0 amide bonds. The van der Waals surface area contributed by atoms with Crippen LogP contribution in [0.1, 0.15) is 51.9 Å². The van der Waals surface area contributed by atoms with E-state index in [1.807, 2.05) is 0 Å². The Labute approximate surface area is 87.1 Å². The van der Waals surface area contributed by atoms with Gasteiger partial charge in [0.15, 0.2) is 0 Å². The summed E-state index contributed by atoms with van der Waals surface area (Å²) < 4.78 is 0. The number of nitrogens with one attached hydrogen (secondary N) is 1. The van der Waals surface area contributed by atoms with Crippen LogP contribution in [0, 0.1) is 5.92 Å². The van der Waals surface area contributed by atoms with E-state index in [-0.39, 0.29) is 11.6 Å².